The first-order valence-electron chi connectivity index (χ1n) is 9.31. The van der Waals surface area contributed by atoms with Crippen molar-refractivity contribution in [3.63, 3.8) is 0 Å². The first-order valence-corrected chi connectivity index (χ1v) is 10.1. The Hall–Kier alpha value is -1.04. The van der Waals surface area contributed by atoms with Gasteiger partial charge in [0.15, 0.2) is 0 Å². The molecule has 0 atom stereocenters. The third-order valence-electron chi connectivity index (χ3n) is 5.79. The highest BCUT2D eigenvalue weighted by molar-refractivity contribution is 7.19. The molecule has 4 nitrogen and oxygen atoms in total. The van der Waals surface area contributed by atoms with Crippen molar-refractivity contribution in [2.45, 2.75) is 38.5 Å². The van der Waals surface area contributed by atoms with Crippen LogP contribution >= 0.6 is 11.3 Å². The van der Waals surface area contributed by atoms with Crippen molar-refractivity contribution in [1.82, 2.24) is 19.8 Å². The summed E-state index contributed by atoms with van der Waals surface area (Å²) in [6.45, 7) is 8.48. The molecule has 0 spiro atoms. The normalized spacial score (nSPS) is 22.4. The average molecular weight is 345 g/mol. The Labute approximate surface area is 148 Å². The van der Waals surface area contributed by atoms with Crippen LogP contribution in [0, 0.1) is 12.8 Å². The highest BCUT2D eigenvalue weighted by Crippen LogP contribution is 2.35. The van der Waals surface area contributed by atoms with Gasteiger partial charge < -0.3 is 9.80 Å². The van der Waals surface area contributed by atoms with Crippen LogP contribution in [0.15, 0.2) is 12.4 Å². The van der Waals surface area contributed by atoms with E-state index in [9.17, 15) is 0 Å². The van der Waals surface area contributed by atoms with Gasteiger partial charge in [0.2, 0.25) is 0 Å². The number of nitrogens with zero attached hydrogens (tertiary/aromatic N) is 4. The zero-order valence-electron chi connectivity index (χ0n) is 14.9. The number of piperidine rings is 2. The summed E-state index contributed by atoms with van der Waals surface area (Å²) in [6.07, 6.45) is 7.00. The van der Waals surface area contributed by atoms with Gasteiger partial charge in [-0.25, -0.2) is 9.97 Å². The van der Waals surface area contributed by atoms with Gasteiger partial charge in [-0.1, -0.05) is 0 Å². The quantitative estimate of drug-likeness (QED) is 0.853. The van der Waals surface area contributed by atoms with E-state index in [0.29, 0.717) is 5.92 Å². The summed E-state index contributed by atoms with van der Waals surface area (Å²) in [7, 11) is 2.25. The molecular weight excluding hydrogens is 316 g/mol. The molecule has 2 aromatic rings. The second-order valence-corrected chi connectivity index (χ2v) is 8.91. The standard InChI is InChI=1S/C19H28N4S/c1-14-11-17-19(24-14)18(21-13-20-17)16-5-9-23(10-6-16)12-15-3-7-22(2)8-4-15/h11,13,15-16H,3-10,12H2,1-2H3. The molecule has 0 unspecified atom stereocenters. The van der Waals surface area contributed by atoms with Crippen molar-refractivity contribution in [1.29, 1.82) is 0 Å². The fraction of sp³-hybridized carbons (Fsp3) is 0.684. The topological polar surface area (TPSA) is 32.3 Å². The molecule has 2 aromatic heterocycles. The van der Waals surface area contributed by atoms with Crippen LogP contribution < -0.4 is 0 Å². The maximum absolute atomic E-state index is 4.67. The van der Waals surface area contributed by atoms with Crippen LogP contribution in [-0.2, 0) is 0 Å². The fourth-order valence-electron chi connectivity index (χ4n) is 4.28. The highest BCUT2D eigenvalue weighted by Gasteiger charge is 2.26. The second-order valence-electron chi connectivity index (χ2n) is 7.65. The smallest absolute Gasteiger partial charge is 0.116 e. The summed E-state index contributed by atoms with van der Waals surface area (Å²) in [5.41, 5.74) is 2.44. The summed E-state index contributed by atoms with van der Waals surface area (Å²) >= 11 is 1.86. The molecule has 2 aliphatic heterocycles. The first kappa shape index (κ1) is 16.4. The predicted molar refractivity (Wildman–Crippen MR) is 101 cm³/mol. The molecule has 0 bridgehead atoms. The van der Waals surface area contributed by atoms with E-state index in [4.69, 9.17) is 0 Å². The number of thiophene rings is 1. The van der Waals surface area contributed by atoms with E-state index in [-0.39, 0.29) is 0 Å². The van der Waals surface area contributed by atoms with Crippen LogP contribution in [0.5, 0.6) is 0 Å². The van der Waals surface area contributed by atoms with Crippen molar-refractivity contribution in [2.24, 2.45) is 5.92 Å². The van der Waals surface area contributed by atoms with E-state index in [2.05, 4.69) is 39.8 Å². The molecule has 4 heterocycles. The zero-order chi connectivity index (χ0) is 16.5. The monoisotopic (exact) mass is 344 g/mol. The molecule has 2 aliphatic rings. The Balaban J connectivity index is 1.37. The van der Waals surface area contributed by atoms with E-state index in [0.717, 1.165) is 11.4 Å². The summed E-state index contributed by atoms with van der Waals surface area (Å²) < 4.78 is 1.32. The molecule has 0 aliphatic carbocycles. The number of fused-ring (bicyclic) bond motifs is 1. The van der Waals surface area contributed by atoms with Crippen LogP contribution in [0.1, 0.15) is 42.2 Å². The summed E-state index contributed by atoms with van der Waals surface area (Å²) in [4.78, 5) is 15.6. The van der Waals surface area contributed by atoms with E-state index >= 15 is 0 Å². The zero-order valence-corrected chi connectivity index (χ0v) is 15.7. The van der Waals surface area contributed by atoms with E-state index in [1.54, 1.807) is 6.33 Å². The van der Waals surface area contributed by atoms with Crippen LogP contribution in [0.4, 0.5) is 0 Å². The lowest BCUT2D eigenvalue weighted by Crippen LogP contribution is -2.40. The Bertz CT molecular complexity index is 682. The number of hydrogen-bond acceptors (Lipinski definition) is 5. The van der Waals surface area contributed by atoms with Crippen LogP contribution in [0.3, 0.4) is 0 Å². The summed E-state index contributed by atoms with van der Waals surface area (Å²) in [5.74, 6) is 1.52. The minimum absolute atomic E-state index is 0.613. The molecule has 0 amide bonds. The van der Waals surface area contributed by atoms with E-state index in [1.165, 1.54) is 73.7 Å². The molecule has 24 heavy (non-hydrogen) atoms. The molecule has 130 valence electrons. The van der Waals surface area contributed by atoms with Gasteiger partial charge in [0, 0.05) is 17.3 Å². The molecule has 0 aromatic carbocycles. The Kier molecular flexibility index (Phi) is 4.83. The molecule has 2 fully saturated rings. The molecule has 4 rings (SSSR count). The Morgan fingerprint density at radius 1 is 1.08 bits per heavy atom. The molecule has 5 heteroatoms. The van der Waals surface area contributed by atoms with Crippen LogP contribution in [-0.4, -0.2) is 59.5 Å². The summed E-state index contributed by atoms with van der Waals surface area (Å²) in [6, 6.07) is 2.19. The third-order valence-corrected chi connectivity index (χ3v) is 6.85. The summed E-state index contributed by atoms with van der Waals surface area (Å²) in [5, 5.41) is 0. The lowest BCUT2D eigenvalue weighted by molar-refractivity contribution is 0.138. The SMILES string of the molecule is Cc1cc2ncnc(C3CCN(CC4CCN(C)CC4)CC3)c2s1. The largest absolute Gasteiger partial charge is 0.306 e. The molecule has 0 saturated carbocycles. The van der Waals surface area contributed by atoms with E-state index in [1.807, 2.05) is 11.3 Å². The minimum Gasteiger partial charge on any atom is -0.306 e. The van der Waals surface area contributed by atoms with Crippen molar-refractivity contribution in [3.8, 4) is 0 Å². The number of aromatic nitrogens is 2. The molecule has 0 N–H and O–H groups in total. The minimum atomic E-state index is 0.613. The van der Waals surface area contributed by atoms with Gasteiger partial charge in [0.25, 0.3) is 0 Å². The van der Waals surface area contributed by atoms with Crippen LogP contribution in [0.25, 0.3) is 10.2 Å². The lowest BCUT2D eigenvalue weighted by Gasteiger charge is -2.36. The number of hydrogen-bond donors (Lipinski definition) is 0. The lowest BCUT2D eigenvalue weighted by atomic mass is 9.91. The van der Waals surface area contributed by atoms with Crippen LogP contribution in [0.2, 0.25) is 0 Å². The predicted octanol–water partition coefficient (Wildman–Crippen LogP) is 3.52. The van der Waals surface area contributed by atoms with Gasteiger partial charge in [-0.2, -0.15) is 0 Å². The van der Waals surface area contributed by atoms with Gasteiger partial charge in [0.1, 0.15) is 6.33 Å². The van der Waals surface area contributed by atoms with Gasteiger partial charge in [-0.05, 0) is 77.8 Å². The van der Waals surface area contributed by atoms with Crippen molar-refractivity contribution in [3.05, 3.63) is 23.0 Å². The van der Waals surface area contributed by atoms with Gasteiger partial charge in [0.05, 0.1) is 15.9 Å². The molecular formula is C19H28N4S. The van der Waals surface area contributed by atoms with Gasteiger partial charge >= 0.3 is 0 Å². The maximum atomic E-state index is 4.67. The number of aryl methyl sites for hydroxylation is 1. The third kappa shape index (κ3) is 3.48. The Morgan fingerprint density at radius 3 is 2.58 bits per heavy atom. The fourth-order valence-corrected chi connectivity index (χ4v) is 5.31. The highest BCUT2D eigenvalue weighted by atomic mass is 32.1. The second kappa shape index (κ2) is 7.06. The Morgan fingerprint density at radius 2 is 1.83 bits per heavy atom. The average Bonchev–Trinajstić information content (AvgIpc) is 2.98. The van der Waals surface area contributed by atoms with Crippen molar-refractivity contribution in [2.75, 3.05) is 39.8 Å². The molecule has 0 radical (unpaired) electrons. The van der Waals surface area contributed by atoms with Gasteiger partial charge in [-0.3, -0.25) is 0 Å². The van der Waals surface area contributed by atoms with Crippen molar-refractivity contribution >= 4 is 21.6 Å². The number of rotatable bonds is 3. The first-order chi connectivity index (χ1) is 11.7. The van der Waals surface area contributed by atoms with Gasteiger partial charge in [-0.15, -0.1) is 11.3 Å². The van der Waals surface area contributed by atoms with Crippen molar-refractivity contribution < 1.29 is 0 Å². The number of likely N-dealkylation sites (tertiary alicyclic amines) is 2. The van der Waals surface area contributed by atoms with E-state index < -0.39 is 0 Å². The molecule has 2 saturated heterocycles. The maximum Gasteiger partial charge on any atom is 0.116 e.